The van der Waals surface area contributed by atoms with Crippen molar-refractivity contribution in [2.24, 2.45) is 0 Å². The van der Waals surface area contributed by atoms with E-state index in [2.05, 4.69) is 63.7 Å². The summed E-state index contributed by atoms with van der Waals surface area (Å²) in [6, 6.07) is 2.31. The van der Waals surface area contributed by atoms with Crippen molar-refractivity contribution in [2.45, 2.75) is 43.9 Å². The molecule has 0 radical (unpaired) electrons. The number of thioether (sulfide) groups is 1. The summed E-state index contributed by atoms with van der Waals surface area (Å²) in [5.74, 6) is 1.12. The Morgan fingerprint density at radius 3 is 2.72 bits per heavy atom. The summed E-state index contributed by atoms with van der Waals surface area (Å²) in [4.78, 5) is 16.7. The largest absolute Gasteiger partial charge is 0.353 e. The third-order valence-electron chi connectivity index (χ3n) is 4.93. The lowest BCUT2D eigenvalue weighted by Crippen LogP contribution is -2.52. The molecule has 1 unspecified atom stereocenters. The number of thiophene rings is 1. The van der Waals surface area contributed by atoms with Crippen LogP contribution >= 0.6 is 23.1 Å². The van der Waals surface area contributed by atoms with Gasteiger partial charge in [-0.25, -0.2) is 9.97 Å². The number of aryl methyl sites for hydroxylation is 1. The van der Waals surface area contributed by atoms with Crippen molar-refractivity contribution in [1.82, 2.24) is 20.2 Å². The van der Waals surface area contributed by atoms with Gasteiger partial charge in [0.05, 0.1) is 5.39 Å². The molecule has 4 rings (SSSR count). The highest BCUT2D eigenvalue weighted by Gasteiger charge is 2.36. The lowest BCUT2D eigenvalue weighted by molar-refractivity contribution is 0.222. The molecule has 1 N–H and O–H groups in total. The molecule has 0 aliphatic carbocycles. The second-order valence-corrected chi connectivity index (χ2v) is 10.4. The summed E-state index contributed by atoms with van der Waals surface area (Å²) >= 11 is 3.87. The first-order valence-corrected chi connectivity index (χ1v) is 10.9. The summed E-state index contributed by atoms with van der Waals surface area (Å²) < 4.78 is 0.340. The van der Waals surface area contributed by atoms with E-state index in [1.807, 2.05) is 11.3 Å². The van der Waals surface area contributed by atoms with Gasteiger partial charge in [0.25, 0.3) is 0 Å². The summed E-state index contributed by atoms with van der Waals surface area (Å²) in [6.45, 7) is 12.2. The molecule has 136 valence electrons. The fraction of sp³-hybridized carbons (Fsp3) is 0.667. The first-order chi connectivity index (χ1) is 12.1. The number of nitrogens with zero attached hydrogens (tertiary/aromatic N) is 4. The van der Waals surface area contributed by atoms with E-state index >= 15 is 0 Å². The molecule has 0 aromatic carbocycles. The van der Waals surface area contributed by atoms with Gasteiger partial charge in [0.1, 0.15) is 22.5 Å². The quantitative estimate of drug-likeness (QED) is 0.883. The topological polar surface area (TPSA) is 44.3 Å². The fourth-order valence-electron chi connectivity index (χ4n) is 3.61. The predicted octanol–water partition coefficient (Wildman–Crippen LogP) is 3.16. The Labute approximate surface area is 158 Å². The number of aromatic nitrogens is 2. The second-order valence-electron chi connectivity index (χ2n) is 7.51. The smallest absolute Gasteiger partial charge is 0.140 e. The number of hydrogen-bond acceptors (Lipinski definition) is 7. The van der Waals surface area contributed by atoms with Crippen LogP contribution in [0.25, 0.3) is 10.2 Å². The van der Waals surface area contributed by atoms with Gasteiger partial charge in [0, 0.05) is 42.3 Å². The minimum atomic E-state index is 0.340. The van der Waals surface area contributed by atoms with Crippen molar-refractivity contribution in [3.05, 3.63) is 17.3 Å². The van der Waals surface area contributed by atoms with Crippen molar-refractivity contribution in [2.75, 3.05) is 37.6 Å². The minimum absolute atomic E-state index is 0.340. The first kappa shape index (κ1) is 17.5. The number of hydrogen-bond donors (Lipinski definition) is 1. The van der Waals surface area contributed by atoms with E-state index in [9.17, 15) is 0 Å². The molecule has 1 atom stereocenters. The molecule has 2 aliphatic heterocycles. The van der Waals surface area contributed by atoms with Gasteiger partial charge in [-0.05, 0) is 26.3 Å². The fourth-order valence-corrected chi connectivity index (χ4v) is 5.99. The molecule has 2 saturated heterocycles. The van der Waals surface area contributed by atoms with E-state index in [0.717, 1.165) is 49.8 Å². The molecule has 2 aromatic heterocycles. The Hall–Kier alpha value is -0.890. The van der Waals surface area contributed by atoms with Crippen molar-refractivity contribution >= 4 is 39.1 Å². The molecular weight excluding hydrogens is 350 g/mol. The number of nitrogens with one attached hydrogen (secondary N) is 1. The van der Waals surface area contributed by atoms with E-state index < -0.39 is 0 Å². The molecule has 2 fully saturated rings. The molecule has 5 nitrogen and oxygen atoms in total. The molecule has 0 spiro atoms. The average Bonchev–Trinajstić information content (AvgIpc) is 3.17. The number of piperazine rings is 1. The van der Waals surface area contributed by atoms with Crippen LogP contribution < -0.4 is 10.2 Å². The van der Waals surface area contributed by atoms with Gasteiger partial charge in [0.15, 0.2) is 0 Å². The third kappa shape index (κ3) is 3.65. The van der Waals surface area contributed by atoms with Gasteiger partial charge in [-0.3, -0.25) is 10.2 Å². The normalized spacial score (nSPS) is 24.3. The highest BCUT2D eigenvalue weighted by molar-refractivity contribution is 8.01. The van der Waals surface area contributed by atoms with Crippen LogP contribution in [-0.2, 0) is 6.42 Å². The highest BCUT2D eigenvalue weighted by Crippen LogP contribution is 2.36. The standard InChI is InChI=1S/C18H27N5S2/c1-4-5-13-10-14-15(20-12-21-16(14)24-13)22-6-8-23(9-7-22)17-19-11-18(2,3)25-17/h10,12,17,19H,4-9,11H2,1-3H3. The maximum absolute atomic E-state index is 4.63. The van der Waals surface area contributed by atoms with Gasteiger partial charge in [-0.1, -0.05) is 13.3 Å². The highest BCUT2D eigenvalue weighted by atomic mass is 32.2. The average molecular weight is 378 g/mol. The van der Waals surface area contributed by atoms with E-state index in [0.29, 0.717) is 10.2 Å². The Kier molecular flexibility index (Phi) is 4.92. The summed E-state index contributed by atoms with van der Waals surface area (Å²) in [7, 11) is 0. The number of rotatable bonds is 4. The third-order valence-corrected chi connectivity index (χ3v) is 7.51. The first-order valence-electron chi connectivity index (χ1n) is 9.19. The maximum atomic E-state index is 4.63. The van der Waals surface area contributed by atoms with Crippen LogP contribution in [0, 0.1) is 0 Å². The van der Waals surface area contributed by atoms with E-state index in [1.54, 1.807) is 6.33 Å². The summed E-state index contributed by atoms with van der Waals surface area (Å²) in [5, 5.41) is 4.90. The molecule has 2 aromatic rings. The Morgan fingerprint density at radius 1 is 1.24 bits per heavy atom. The molecule has 0 bridgehead atoms. The van der Waals surface area contributed by atoms with Crippen LogP contribution in [0.5, 0.6) is 0 Å². The van der Waals surface area contributed by atoms with Gasteiger partial charge >= 0.3 is 0 Å². The van der Waals surface area contributed by atoms with E-state index in [-0.39, 0.29) is 0 Å². The predicted molar refractivity (Wildman–Crippen MR) is 109 cm³/mol. The van der Waals surface area contributed by atoms with Crippen LogP contribution in [0.15, 0.2) is 12.4 Å². The monoisotopic (exact) mass is 377 g/mol. The van der Waals surface area contributed by atoms with Gasteiger partial charge < -0.3 is 4.90 Å². The van der Waals surface area contributed by atoms with Gasteiger partial charge in [0.2, 0.25) is 0 Å². The van der Waals surface area contributed by atoms with Crippen LogP contribution in [-0.4, -0.2) is 57.8 Å². The zero-order valence-electron chi connectivity index (χ0n) is 15.3. The minimum Gasteiger partial charge on any atom is -0.353 e. The van der Waals surface area contributed by atoms with Crippen molar-refractivity contribution in [1.29, 1.82) is 0 Å². The van der Waals surface area contributed by atoms with Gasteiger partial charge in [-0.2, -0.15) is 0 Å². The Morgan fingerprint density at radius 2 is 2.04 bits per heavy atom. The van der Waals surface area contributed by atoms with E-state index in [1.165, 1.54) is 16.7 Å². The lowest BCUT2D eigenvalue weighted by Gasteiger charge is -2.38. The molecule has 25 heavy (non-hydrogen) atoms. The molecule has 2 aliphatic rings. The maximum Gasteiger partial charge on any atom is 0.140 e. The van der Waals surface area contributed by atoms with Crippen molar-refractivity contribution < 1.29 is 0 Å². The van der Waals surface area contributed by atoms with Crippen LogP contribution in [0.1, 0.15) is 32.1 Å². The number of anilines is 1. The molecule has 4 heterocycles. The van der Waals surface area contributed by atoms with Crippen LogP contribution in [0.4, 0.5) is 5.82 Å². The van der Waals surface area contributed by atoms with Crippen LogP contribution in [0.3, 0.4) is 0 Å². The van der Waals surface area contributed by atoms with E-state index in [4.69, 9.17) is 0 Å². The molecular formula is C18H27N5S2. The molecule has 0 saturated carbocycles. The zero-order chi connectivity index (χ0) is 17.4. The molecule has 7 heteroatoms. The summed E-state index contributed by atoms with van der Waals surface area (Å²) in [5.41, 5.74) is 0.458. The van der Waals surface area contributed by atoms with Crippen molar-refractivity contribution in [3.63, 3.8) is 0 Å². The SMILES string of the molecule is CCCc1cc2c(N3CCN(C4NCC(C)(C)S4)CC3)ncnc2s1. The second kappa shape index (κ2) is 7.02. The zero-order valence-corrected chi connectivity index (χ0v) is 16.9. The Balaban J connectivity index is 1.46. The Bertz CT molecular complexity index is 736. The molecule has 0 amide bonds. The van der Waals surface area contributed by atoms with Crippen LogP contribution in [0.2, 0.25) is 0 Å². The lowest BCUT2D eigenvalue weighted by atomic mass is 10.2. The van der Waals surface area contributed by atoms with Gasteiger partial charge in [-0.15, -0.1) is 23.1 Å². The number of fused-ring (bicyclic) bond motifs is 1. The summed E-state index contributed by atoms with van der Waals surface area (Å²) in [6.07, 6.45) is 4.04. The van der Waals surface area contributed by atoms with Crippen molar-refractivity contribution in [3.8, 4) is 0 Å².